The van der Waals surface area contributed by atoms with Crippen molar-refractivity contribution < 1.29 is 9.59 Å². The molecular formula is C23H28ClN3O2. The molecule has 1 fully saturated rings. The van der Waals surface area contributed by atoms with E-state index in [4.69, 9.17) is 17.3 Å². The predicted octanol–water partition coefficient (Wildman–Crippen LogP) is 3.15. The van der Waals surface area contributed by atoms with Crippen LogP contribution in [0.3, 0.4) is 0 Å². The van der Waals surface area contributed by atoms with Crippen LogP contribution in [0.25, 0.3) is 0 Å². The molecule has 1 aliphatic rings. The number of nitrogens with two attached hydrogens (primary N) is 1. The van der Waals surface area contributed by atoms with Gasteiger partial charge >= 0.3 is 0 Å². The molecule has 29 heavy (non-hydrogen) atoms. The largest absolute Gasteiger partial charge is 0.369 e. The van der Waals surface area contributed by atoms with E-state index in [0.29, 0.717) is 11.4 Å². The average molecular weight is 414 g/mol. The summed E-state index contributed by atoms with van der Waals surface area (Å²) in [7, 11) is 0. The third-order valence-electron chi connectivity index (χ3n) is 5.49. The first-order valence-electron chi connectivity index (χ1n) is 10.1. The zero-order chi connectivity index (χ0) is 20.6. The summed E-state index contributed by atoms with van der Waals surface area (Å²) in [6.45, 7) is 1.86. The maximum Gasteiger partial charge on any atom is 0.237 e. The van der Waals surface area contributed by atoms with E-state index in [2.05, 4.69) is 22.3 Å². The van der Waals surface area contributed by atoms with Gasteiger partial charge in [-0.3, -0.25) is 14.5 Å². The second kappa shape index (κ2) is 10.4. The van der Waals surface area contributed by atoms with Gasteiger partial charge in [0.05, 0.1) is 12.0 Å². The van der Waals surface area contributed by atoms with Gasteiger partial charge in [0.1, 0.15) is 0 Å². The Hall–Kier alpha value is -2.37. The fourth-order valence-corrected chi connectivity index (χ4v) is 4.05. The summed E-state index contributed by atoms with van der Waals surface area (Å²) < 4.78 is 0. The van der Waals surface area contributed by atoms with Gasteiger partial charge in [-0.25, -0.2) is 0 Å². The molecule has 154 valence electrons. The summed E-state index contributed by atoms with van der Waals surface area (Å²) in [5.74, 6) is -0.967. The highest BCUT2D eigenvalue weighted by Gasteiger charge is 2.29. The van der Waals surface area contributed by atoms with Gasteiger partial charge < -0.3 is 11.1 Å². The Bertz CT molecular complexity index is 828. The summed E-state index contributed by atoms with van der Waals surface area (Å²) in [5.41, 5.74) is 7.64. The molecule has 0 bridgehead atoms. The highest BCUT2D eigenvalue weighted by molar-refractivity contribution is 6.31. The number of likely N-dealkylation sites (tertiary alicyclic amines) is 1. The van der Waals surface area contributed by atoms with Gasteiger partial charge in [-0.2, -0.15) is 0 Å². The summed E-state index contributed by atoms with van der Waals surface area (Å²) in [5, 5.41) is 3.57. The predicted molar refractivity (Wildman–Crippen MR) is 115 cm³/mol. The number of halogens is 1. The second-order valence-corrected chi connectivity index (χ2v) is 8.01. The number of hydrogen-bond acceptors (Lipinski definition) is 3. The minimum atomic E-state index is -0.495. The number of carbonyl (C=O) groups is 2. The Morgan fingerprint density at radius 3 is 2.55 bits per heavy atom. The van der Waals surface area contributed by atoms with Crippen LogP contribution in [-0.4, -0.2) is 35.8 Å². The number of carbonyl (C=O) groups excluding carboxylic acids is 2. The molecular weight excluding hydrogens is 386 g/mol. The van der Waals surface area contributed by atoms with Crippen LogP contribution in [0.15, 0.2) is 54.6 Å². The van der Waals surface area contributed by atoms with Crippen LogP contribution in [0.5, 0.6) is 0 Å². The SMILES string of the molecule is NC(=O)C(CNC(=O)C1CCCCN1Cc1ccccc1)Cc1ccccc1Cl. The van der Waals surface area contributed by atoms with Crippen molar-refractivity contribution in [1.82, 2.24) is 10.2 Å². The van der Waals surface area contributed by atoms with Crippen molar-refractivity contribution >= 4 is 23.4 Å². The molecule has 3 rings (SSSR count). The monoisotopic (exact) mass is 413 g/mol. The zero-order valence-corrected chi connectivity index (χ0v) is 17.3. The summed E-state index contributed by atoms with van der Waals surface area (Å²) in [6, 6.07) is 17.4. The lowest BCUT2D eigenvalue weighted by molar-refractivity contribution is -0.128. The Morgan fingerprint density at radius 2 is 1.83 bits per heavy atom. The summed E-state index contributed by atoms with van der Waals surface area (Å²) in [4.78, 5) is 27.1. The zero-order valence-electron chi connectivity index (χ0n) is 16.5. The first-order chi connectivity index (χ1) is 14.0. The van der Waals surface area contributed by atoms with Gasteiger partial charge in [-0.15, -0.1) is 0 Å². The number of nitrogens with zero attached hydrogens (tertiary/aromatic N) is 1. The normalized spacial score (nSPS) is 18.2. The van der Waals surface area contributed by atoms with Crippen molar-refractivity contribution in [2.24, 2.45) is 11.7 Å². The molecule has 1 heterocycles. The molecule has 6 heteroatoms. The lowest BCUT2D eigenvalue weighted by atomic mass is 9.97. The minimum absolute atomic E-state index is 0.0361. The molecule has 1 saturated heterocycles. The maximum absolute atomic E-state index is 12.9. The fourth-order valence-electron chi connectivity index (χ4n) is 3.84. The van der Waals surface area contributed by atoms with Gasteiger partial charge in [0.15, 0.2) is 0 Å². The number of amides is 2. The Kier molecular flexibility index (Phi) is 7.67. The van der Waals surface area contributed by atoms with Crippen LogP contribution < -0.4 is 11.1 Å². The van der Waals surface area contributed by atoms with E-state index < -0.39 is 11.8 Å². The van der Waals surface area contributed by atoms with Gasteiger partial charge in [0.25, 0.3) is 0 Å². The Morgan fingerprint density at radius 1 is 1.10 bits per heavy atom. The van der Waals surface area contributed by atoms with E-state index in [1.54, 1.807) is 6.07 Å². The van der Waals surface area contributed by atoms with Crippen LogP contribution in [0.1, 0.15) is 30.4 Å². The van der Waals surface area contributed by atoms with Crippen LogP contribution in [0.4, 0.5) is 0 Å². The van der Waals surface area contributed by atoms with Crippen molar-refractivity contribution in [2.45, 2.75) is 38.3 Å². The second-order valence-electron chi connectivity index (χ2n) is 7.61. The smallest absolute Gasteiger partial charge is 0.237 e. The first-order valence-corrected chi connectivity index (χ1v) is 10.5. The standard InChI is InChI=1S/C23H28ClN3O2/c24-20-11-5-4-10-18(20)14-19(22(25)28)15-26-23(29)21-12-6-7-13-27(21)16-17-8-2-1-3-9-17/h1-5,8-11,19,21H,6-7,12-16H2,(H2,25,28)(H,26,29). The van der Waals surface area contributed by atoms with Crippen LogP contribution in [-0.2, 0) is 22.6 Å². The van der Waals surface area contributed by atoms with E-state index in [0.717, 1.165) is 37.9 Å². The van der Waals surface area contributed by atoms with Crippen molar-refractivity contribution in [3.8, 4) is 0 Å². The molecule has 3 N–H and O–H groups in total. The highest BCUT2D eigenvalue weighted by atomic mass is 35.5. The molecule has 2 unspecified atom stereocenters. The third kappa shape index (κ3) is 6.05. The van der Waals surface area contributed by atoms with E-state index >= 15 is 0 Å². The molecule has 0 spiro atoms. The number of nitrogens with one attached hydrogen (secondary N) is 1. The van der Waals surface area contributed by atoms with Gasteiger partial charge in [0, 0.05) is 18.1 Å². The van der Waals surface area contributed by atoms with Crippen molar-refractivity contribution in [2.75, 3.05) is 13.1 Å². The van der Waals surface area contributed by atoms with Crippen molar-refractivity contribution in [1.29, 1.82) is 0 Å². The summed E-state index contributed by atoms with van der Waals surface area (Å²) >= 11 is 6.21. The Labute approximate surface area is 177 Å². The topological polar surface area (TPSA) is 75.4 Å². The molecule has 2 amide bonds. The Balaban J connectivity index is 1.60. The molecule has 2 atom stereocenters. The number of primary amides is 1. The van der Waals surface area contributed by atoms with E-state index in [1.165, 1.54) is 5.56 Å². The van der Waals surface area contributed by atoms with Crippen molar-refractivity contribution in [3.05, 3.63) is 70.7 Å². The molecule has 0 aliphatic carbocycles. The van der Waals surface area contributed by atoms with Crippen LogP contribution in [0.2, 0.25) is 5.02 Å². The molecule has 2 aromatic carbocycles. The molecule has 0 radical (unpaired) electrons. The van der Waals surface area contributed by atoms with Gasteiger partial charge in [-0.1, -0.05) is 66.6 Å². The molecule has 0 aromatic heterocycles. The fraction of sp³-hybridized carbons (Fsp3) is 0.391. The minimum Gasteiger partial charge on any atom is -0.369 e. The van der Waals surface area contributed by atoms with E-state index in [1.807, 2.05) is 36.4 Å². The summed E-state index contributed by atoms with van der Waals surface area (Å²) in [6.07, 6.45) is 3.35. The molecule has 0 saturated carbocycles. The lowest BCUT2D eigenvalue weighted by Gasteiger charge is -2.35. The highest BCUT2D eigenvalue weighted by Crippen LogP contribution is 2.21. The van der Waals surface area contributed by atoms with E-state index in [9.17, 15) is 9.59 Å². The quantitative estimate of drug-likeness (QED) is 0.698. The van der Waals surface area contributed by atoms with E-state index in [-0.39, 0.29) is 18.5 Å². The van der Waals surface area contributed by atoms with Crippen LogP contribution >= 0.6 is 11.6 Å². The maximum atomic E-state index is 12.9. The molecule has 1 aliphatic heterocycles. The number of piperidine rings is 1. The molecule has 5 nitrogen and oxygen atoms in total. The number of rotatable bonds is 8. The number of hydrogen-bond donors (Lipinski definition) is 2. The van der Waals surface area contributed by atoms with Crippen LogP contribution in [0, 0.1) is 5.92 Å². The van der Waals surface area contributed by atoms with Gasteiger partial charge in [-0.05, 0) is 43.0 Å². The van der Waals surface area contributed by atoms with Gasteiger partial charge in [0.2, 0.25) is 11.8 Å². The first kappa shape index (κ1) is 21.3. The lowest BCUT2D eigenvalue weighted by Crippen LogP contribution is -2.50. The third-order valence-corrected chi connectivity index (χ3v) is 5.86. The average Bonchev–Trinajstić information content (AvgIpc) is 2.73. The van der Waals surface area contributed by atoms with Crippen molar-refractivity contribution in [3.63, 3.8) is 0 Å². The number of benzene rings is 2. The molecule has 2 aromatic rings.